The van der Waals surface area contributed by atoms with E-state index in [1.165, 1.54) is 35.9 Å². The van der Waals surface area contributed by atoms with Gasteiger partial charge in [-0.25, -0.2) is 0 Å². The van der Waals surface area contributed by atoms with Gasteiger partial charge in [0.2, 0.25) is 0 Å². The molecule has 1 fully saturated rings. The van der Waals surface area contributed by atoms with Crippen molar-refractivity contribution < 1.29 is 0 Å². The van der Waals surface area contributed by atoms with Gasteiger partial charge in [0.15, 0.2) is 0 Å². The number of aromatic amines is 2. The number of nitrogens with one attached hydrogen (secondary N) is 2. The molecule has 192 valence electrons. The second-order valence-corrected chi connectivity index (χ2v) is 10.2. The van der Waals surface area contributed by atoms with Crippen molar-refractivity contribution >= 4 is 34.3 Å². The number of nitrogens with zero attached hydrogens (tertiary/aromatic N) is 5. The van der Waals surface area contributed by atoms with Crippen molar-refractivity contribution in [1.82, 2.24) is 30.0 Å². The van der Waals surface area contributed by atoms with Crippen LogP contribution in [0.15, 0.2) is 43.5 Å². The highest BCUT2D eigenvalue weighted by atomic mass is 15.1. The molecule has 5 heterocycles. The smallest absolute Gasteiger partial charge is 0.116 e. The SMILES string of the molecule is C=C(/C=c1/c(-c2cc3c(N4CCCCC4)cncc3[nH]2)n[nH]/c1=C/C)c1cncc(CCCN(C)C)c1. The molecule has 4 aromatic rings. The Balaban J connectivity index is 1.49. The molecule has 7 heteroatoms. The zero-order chi connectivity index (χ0) is 25.8. The van der Waals surface area contributed by atoms with E-state index in [9.17, 15) is 0 Å². The van der Waals surface area contributed by atoms with Crippen molar-refractivity contribution in [2.75, 3.05) is 38.6 Å². The number of rotatable bonds is 8. The van der Waals surface area contributed by atoms with Gasteiger partial charge in [-0.3, -0.25) is 15.1 Å². The Morgan fingerprint density at radius 3 is 2.68 bits per heavy atom. The van der Waals surface area contributed by atoms with E-state index in [0.29, 0.717) is 0 Å². The van der Waals surface area contributed by atoms with Gasteiger partial charge in [0.25, 0.3) is 0 Å². The van der Waals surface area contributed by atoms with Gasteiger partial charge in [-0.05, 0) is 94.6 Å². The van der Waals surface area contributed by atoms with Crippen molar-refractivity contribution in [1.29, 1.82) is 0 Å². The summed E-state index contributed by atoms with van der Waals surface area (Å²) in [6.45, 7) is 9.64. The fourth-order valence-corrected chi connectivity index (χ4v) is 5.14. The monoisotopic (exact) mass is 495 g/mol. The number of pyridine rings is 2. The highest BCUT2D eigenvalue weighted by Gasteiger charge is 2.17. The zero-order valence-corrected chi connectivity index (χ0v) is 22.2. The Hall–Kier alpha value is -3.71. The molecule has 5 rings (SSSR count). The molecule has 1 saturated heterocycles. The summed E-state index contributed by atoms with van der Waals surface area (Å²) < 4.78 is 0. The lowest BCUT2D eigenvalue weighted by atomic mass is 10.0. The minimum atomic E-state index is 0.880. The number of hydrogen-bond acceptors (Lipinski definition) is 5. The molecule has 0 amide bonds. The van der Waals surface area contributed by atoms with E-state index in [1.54, 1.807) is 0 Å². The fourth-order valence-electron chi connectivity index (χ4n) is 5.14. The molecule has 0 aromatic carbocycles. The number of aromatic nitrogens is 5. The normalized spacial score (nSPS) is 15.3. The van der Waals surface area contributed by atoms with Gasteiger partial charge in [0.05, 0.1) is 34.6 Å². The summed E-state index contributed by atoms with van der Waals surface area (Å²) in [7, 11) is 4.21. The summed E-state index contributed by atoms with van der Waals surface area (Å²) in [6.07, 6.45) is 17.8. The fraction of sp³-hybridized carbons (Fsp3) is 0.367. The molecule has 0 unspecified atom stereocenters. The Morgan fingerprint density at radius 2 is 1.89 bits per heavy atom. The van der Waals surface area contributed by atoms with Gasteiger partial charge in [0, 0.05) is 36.1 Å². The van der Waals surface area contributed by atoms with Crippen LogP contribution < -0.4 is 15.5 Å². The predicted octanol–water partition coefficient (Wildman–Crippen LogP) is 4.13. The van der Waals surface area contributed by atoms with Gasteiger partial charge in [-0.2, -0.15) is 5.10 Å². The summed E-state index contributed by atoms with van der Waals surface area (Å²) in [4.78, 5) is 17.3. The Morgan fingerprint density at radius 1 is 1.08 bits per heavy atom. The molecule has 0 spiro atoms. The third-order valence-corrected chi connectivity index (χ3v) is 7.15. The first-order valence-corrected chi connectivity index (χ1v) is 13.3. The molecular weight excluding hydrogens is 458 g/mol. The van der Waals surface area contributed by atoms with Crippen LogP contribution in [-0.4, -0.2) is 63.8 Å². The predicted molar refractivity (Wildman–Crippen MR) is 154 cm³/mol. The number of allylic oxidation sites excluding steroid dienone is 1. The molecule has 4 aromatic heterocycles. The Kier molecular flexibility index (Phi) is 7.51. The summed E-state index contributed by atoms with van der Waals surface area (Å²) in [5.74, 6) is 0. The van der Waals surface area contributed by atoms with Crippen LogP contribution in [0.2, 0.25) is 0 Å². The van der Waals surface area contributed by atoms with Gasteiger partial charge >= 0.3 is 0 Å². The van der Waals surface area contributed by atoms with Gasteiger partial charge in [0.1, 0.15) is 5.69 Å². The lowest BCUT2D eigenvalue weighted by Crippen LogP contribution is -2.29. The minimum absolute atomic E-state index is 0.880. The van der Waals surface area contributed by atoms with Crippen LogP contribution >= 0.6 is 0 Å². The molecule has 1 aliphatic heterocycles. The third-order valence-electron chi connectivity index (χ3n) is 7.15. The van der Waals surface area contributed by atoms with Crippen molar-refractivity contribution in [3.05, 3.63) is 65.2 Å². The van der Waals surface area contributed by atoms with Crippen molar-refractivity contribution in [2.24, 2.45) is 0 Å². The minimum Gasteiger partial charge on any atom is -0.370 e. The molecular formula is C30H37N7. The van der Waals surface area contributed by atoms with Crippen molar-refractivity contribution in [2.45, 2.75) is 39.0 Å². The molecule has 0 aliphatic carbocycles. The highest BCUT2D eigenvalue weighted by molar-refractivity contribution is 5.95. The van der Waals surface area contributed by atoms with Gasteiger partial charge in [-0.15, -0.1) is 0 Å². The molecule has 2 N–H and O–H groups in total. The lowest BCUT2D eigenvalue weighted by molar-refractivity contribution is 0.400. The number of anilines is 1. The van der Waals surface area contributed by atoms with Crippen LogP contribution in [0.1, 0.15) is 43.7 Å². The maximum absolute atomic E-state index is 4.70. The van der Waals surface area contributed by atoms with Crippen LogP contribution in [0.25, 0.3) is 40.0 Å². The van der Waals surface area contributed by atoms with E-state index in [4.69, 9.17) is 5.10 Å². The number of hydrogen-bond donors (Lipinski definition) is 2. The average Bonchev–Trinajstić information content (AvgIpc) is 3.52. The molecule has 0 radical (unpaired) electrons. The molecule has 0 saturated carbocycles. The maximum Gasteiger partial charge on any atom is 0.116 e. The van der Waals surface area contributed by atoms with E-state index >= 15 is 0 Å². The third kappa shape index (κ3) is 5.52. The Bertz CT molecular complexity index is 1500. The number of fused-ring (bicyclic) bond motifs is 1. The largest absolute Gasteiger partial charge is 0.370 e. The Labute approximate surface area is 218 Å². The molecule has 0 atom stereocenters. The van der Waals surface area contributed by atoms with E-state index in [0.717, 1.165) is 71.1 Å². The standard InChI is InChI=1S/C30H37N7/c1-5-26-25(14-21(2)23-15-22(17-31-18-23)10-9-11-36(3)4)30(35-34-26)27-16-24-28(33-27)19-32-20-29(24)37-12-7-6-8-13-37/h5,14-20,33-34H,2,6-13H2,1,3-4H3/b25-14+,26-5+. The lowest BCUT2D eigenvalue weighted by Gasteiger charge is -2.28. The summed E-state index contributed by atoms with van der Waals surface area (Å²) >= 11 is 0. The second-order valence-electron chi connectivity index (χ2n) is 10.2. The first-order chi connectivity index (χ1) is 18.0. The van der Waals surface area contributed by atoms with E-state index < -0.39 is 0 Å². The number of piperidine rings is 1. The summed E-state index contributed by atoms with van der Waals surface area (Å²) in [5.41, 5.74) is 7.26. The van der Waals surface area contributed by atoms with Gasteiger partial charge in [-0.1, -0.05) is 12.7 Å². The second kappa shape index (κ2) is 11.1. The quantitative estimate of drug-likeness (QED) is 0.384. The van der Waals surface area contributed by atoms with E-state index in [2.05, 4.69) is 74.8 Å². The molecule has 7 nitrogen and oxygen atoms in total. The average molecular weight is 496 g/mol. The first-order valence-electron chi connectivity index (χ1n) is 13.3. The summed E-state index contributed by atoms with van der Waals surface area (Å²) in [5, 5.41) is 11.1. The summed E-state index contributed by atoms with van der Waals surface area (Å²) in [6, 6.07) is 4.42. The molecule has 1 aliphatic rings. The van der Waals surface area contributed by atoms with Crippen LogP contribution in [0.5, 0.6) is 0 Å². The molecule has 0 bridgehead atoms. The van der Waals surface area contributed by atoms with Crippen molar-refractivity contribution in [3.8, 4) is 11.4 Å². The highest BCUT2D eigenvalue weighted by Crippen LogP contribution is 2.30. The van der Waals surface area contributed by atoms with E-state index in [-0.39, 0.29) is 0 Å². The van der Waals surface area contributed by atoms with Crippen molar-refractivity contribution in [3.63, 3.8) is 0 Å². The molecule has 37 heavy (non-hydrogen) atoms. The number of aryl methyl sites for hydroxylation is 1. The van der Waals surface area contributed by atoms with Crippen LogP contribution in [0, 0.1) is 0 Å². The first kappa shape index (κ1) is 25.0. The van der Waals surface area contributed by atoms with Crippen LogP contribution in [-0.2, 0) is 6.42 Å². The van der Waals surface area contributed by atoms with Gasteiger partial charge < -0.3 is 14.8 Å². The number of H-pyrrole nitrogens is 2. The van der Waals surface area contributed by atoms with E-state index in [1.807, 2.05) is 31.7 Å². The van der Waals surface area contributed by atoms with Crippen LogP contribution in [0.3, 0.4) is 0 Å². The zero-order valence-electron chi connectivity index (χ0n) is 22.2. The topological polar surface area (TPSA) is 76.7 Å². The maximum atomic E-state index is 4.70. The van der Waals surface area contributed by atoms with Crippen LogP contribution in [0.4, 0.5) is 5.69 Å².